The standard InChI is InChI=1S/C8H11FN2O/c1-4-6(3-9)7(10)8(12)5(2)11-4/h12H,3H2,1-2H3,(H2,10,11). The molecule has 0 saturated carbocycles. The minimum atomic E-state index is -0.696. The fourth-order valence-corrected chi connectivity index (χ4v) is 1.07. The SMILES string of the molecule is Cc1nc(C)c(CF)c(N)c1O. The molecule has 1 aromatic rings. The van der Waals surface area contributed by atoms with Crippen LogP contribution in [0.15, 0.2) is 0 Å². The van der Waals surface area contributed by atoms with Crippen molar-refractivity contribution >= 4 is 5.69 Å². The summed E-state index contributed by atoms with van der Waals surface area (Å²) in [6, 6.07) is 0. The lowest BCUT2D eigenvalue weighted by molar-refractivity contribution is 0.457. The van der Waals surface area contributed by atoms with Crippen molar-refractivity contribution in [3.8, 4) is 5.75 Å². The van der Waals surface area contributed by atoms with Crippen LogP contribution in [0.2, 0.25) is 0 Å². The lowest BCUT2D eigenvalue weighted by Crippen LogP contribution is -2.00. The summed E-state index contributed by atoms with van der Waals surface area (Å²) in [4.78, 5) is 3.93. The maximum Gasteiger partial charge on any atom is 0.160 e. The summed E-state index contributed by atoms with van der Waals surface area (Å²) in [6.07, 6.45) is 0. The first-order valence-corrected chi connectivity index (χ1v) is 3.58. The van der Waals surface area contributed by atoms with Gasteiger partial charge in [-0.1, -0.05) is 0 Å². The Hall–Kier alpha value is -1.32. The molecule has 0 fully saturated rings. The van der Waals surface area contributed by atoms with E-state index in [2.05, 4.69) is 4.98 Å². The molecule has 0 radical (unpaired) electrons. The summed E-state index contributed by atoms with van der Waals surface area (Å²) in [5.41, 5.74) is 6.81. The topological polar surface area (TPSA) is 59.1 Å². The number of aromatic hydroxyl groups is 1. The average molecular weight is 170 g/mol. The molecule has 0 aliphatic rings. The number of aromatic nitrogens is 1. The number of aryl methyl sites for hydroxylation is 2. The Bertz CT molecular complexity index is 312. The van der Waals surface area contributed by atoms with E-state index in [-0.39, 0.29) is 17.0 Å². The largest absolute Gasteiger partial charge is 0.504 e. The van der Waals surface area contributed by atoms with Crippen LogP contribution in [0.4, 0.5) is 10.1 Å². The van der Waals surface area contributed by atoms with Crippen LogP contribution >= 0.6 is 0 Å². The molecule has 0 amide bonds. The molecular weight excluding hydrogens is 159 g/mol. The molecule has 66 valence electrons. The second-order valence-corrected chi connectivity index (χ2v) is 2.66. The van der Waals surface area contributed by atoms with E-state index in [1.165, 1.54) is 0 Å². The summed E-state index contributed by atoms with van der Waals surface area (Å²) in [5, 5.41) is 9.29. The molecule has 0 saturated heterocycles. The van der Waals surface area contributed by atoms with Crippen molar-refractivity contribution in [3.63, 3.8) is 0 Å². The summed E-state index contributed by atoms with van der Waals surface area (Å²) in [7, 11) is 0. The molecule has 1 rings (SSSR count). The van der Waals surface area contributed by atoms with Crippen molar-refractivity contribution in [2.24, 2.45) is 0 Å². The molecule has 3 nitrogen and oxygen atoms in total. The molecule has 0 bridgehead atoms. The van der Waals surface area contributed by atoms with E-state index >= 15 is 0 Å². The highest BCUT2D eigenvalue weighted by molar-refractivity contribution is 5.60. The van der Waals surface area contributed by atoms with Crippen molar-refractivity contribution < 1.29 is 9.50 Å². The van der Waals surface area contributed by atoms with E-state index in [1.807, 2.05) is 0 Å². The number of halogens is 1. The van der Waals surface area contributed by atoms with Gasteiger partial charge in [0.15, 0.2) is 5.75 Å². The van der Waals surface area contributed by atoms with Gasteiger partial charge < -0.3 is 10.8 Å². The van der Waals surface area contributed by atoms with Crippen LogP contribution in [0.25, 0.3) is 0 Å². The Morgan fingerprint density at radius 3 is 2.50 bits per heavy atom. The Balaban J connectivity index is 3.40. The number of rotatable bonds is 1. The number of pyridine rings is 1. The van der Waals surface area contributed by atoms with Gasteiger partial charge in [0.1, 0.15) is 6.67 Å². The quantitative estimate of drug-likeness (QED) is 0.670. The van der Waals surface area contributed by atoms with E-state index in [1.54, 1.807) is 13.8 Å². The Kier molecular flexibility index (Phi) is 2.17. The van der Waals surface area contributed by atoms with Gasteiger partial charge in [0.05, 0.1) is 11.4 Å². The first kappa shape index (κ1) is 8.77. The van der Waals surface area contributed by atoms with Crippen LogP contribution in [-0.2, 0) is 6.67 Å². The number of nitrogens with two attached hydrogens (primary N) is 1. The van der Waals surface area contributed by atoms with Gasteiger partial charge in [-0.2, -0.15) is 0 Å². The zero-order valence-electron chi connectivity index (χ0n) is 7.06. The van der Waals surface area contributed by atoms with Crippen molar-refractivity contribution in [1.29, 1.82) is 0 Å². The molecule has 0 aliphatic heterocycles. The molecule has 0 aliphatic carbocycles. The molecule has 0 unspecified atom stereocenters. The monoisotopic (exact) mass is 170 g/mol. The lowest BCUT2D eigenvalue weighted by atomic mass is 10.1. The third-order valence-electron chi connectivity index (χ3n) is 1.83. The molecule has 1 heterocycles. The number of nitrogen functional groups attached to an aromatic ring is 1. The zero-order valence-corrected chi connectivity index (χ0v) is 7.06. The normalized spacial score (nSPS) is 10.2. The summed E-state index contributed by atoms with van der Waals surface area (Å²) >= 11 is 0. The maximum atomic E-state index is 12.3. The van der Waals surface area contributed by atoms with Gasteiger partial charge in [-0.05, 0) is 13.8 Å². The first-order chi connectivity index (χ1) is 5.57. The van der Waals surface area contributed by atoms with Crippen molar-refractivity contribution in [2.75, 3.05) is 5.73 Å². The Morgan fingerprint density at radius 2 is 2.00 bits per heavy atom. The maximum absolute atomic E-state index is 12.3. The van der Waals surface area contributed by atoms with Gasteiger partial charge in [-0.25, -0.2) is 4.39 Å². The molecule has 0 aromatic carbocycles. The average Bonchev–Trinajstić information content (AvgIpc) is 2.01. The lowest BCUT2D eigenvalue weighted by Gasteiger charge is -2.08. The van der Waals surface area contributed by atoms with Crippen LogP contribution in [0.3, 0.4) is 0 Å². The molecule has 3 N–H and O–H groups in total. The van der Waals surface area contributed by atoms with Crippen molar-refractivity contribution in [1.82, 2.24) is 4.98 Å². The third-order valence-corrected chi connectivity index (χ3v) is 1.83. The highest BCUT2D eigenvalue weighted by atomic mass is 19.1. The van der Waals surface area contributed by atoms with E-state index in [0.717, 1.165) is 0 Å². The summed E-state index contributed by atoms with van der Waals surface area (Å²) in [5.74, 6) is -0.117. The fraction of sp³-hybridized carbons (Fsp3) is 0.375. The van der Waals surface area contributed by atoms with Crippen LogP contribution in [-0.4, -0.2) is 10.1 Å². The van der Waals surface area contributed by atoms with Gasteiger partial charge in [-0.15, -0.1) is 0 Å². The second kappa shape index (κ2) is 2.97. The van der Waals surface area contributed by atoms with E-state index in [0.29, 0.717) is 11.4 Å². The smallest absolute Gasteiger partial charge is 0.160 e. The Labute approximate surface area is 70.0 Å². The number of alkyl halides is 1. The Morgan fingerprint density at radius 1 is 1.42 bits per heavy atom. The van der Waals surface area contributed by atoms with E-state index in [4.69, 9.17) is 5.73 Å². The highest BCUT2D eigenvalue weighted by Crippen LogP contribution is 2.28. The van der Waals surface area contributed by atoms with Crippen LogP contribution in [0.1, 0.15) is 17.0 Å². The zero-order chi connectivity index (χ0) is 9.30. The van der Waals surface area contributed by atoms with Crippen LogP contribution in [0, 0.1) is 13.8 Å². The number of hydrogen-bond donors (Lipinski definition) is 2. The minimum absolute atomic E-state index is 0.0995. The third kappa shape index (κ3) is 1.20. The van der Waals surface area contributed by atoms with Gasteiger partial charge in [-0.3, -0.25) is 4.98 Å². The number of hydrogen-bond acceptors (Lipinski definition) is 3. The second-order valence-electron chi connectivity index (χ2n) is 2.66. The molecular formula is C8H11FN2O. The highest BCUT2D eigenvalue weighted by Gasteiger charge is 2.11. The molecule has 4 heteroatoms. The van der Waals surface area contributed by atoms with Gasteiger partial charge in [0.25, 0.3) is 0 Å². The summed E-state index contributed by atoms with van der Waals surface area (Å²) in [6.45, 7) is 2.59. The fourth-order valence-electron chi connectivity index (χ4n) is 1.07. The van der Waals surface area contributed by atoms with Crippen molar-refractivity contribution in [3.05, 3.63) is 17.0 Å². The number of nitrogens with zero attached hydrogens (tertiary/aromatic N) is 1. The first-order valence-electron chi connectivity index (χ1n) is 3.58. The van der Waals surface area contributed by atoms with Crippen LogP contribution < -0.4 is 5.73 Å². The van der Waals surface area contributed by atoms with Gasteiger partial charge >= 0.3 is 0 Å². The van der Waals surface area contributed by atoms with E-state index in [9.17, 15) is 9.50 Å². The predicted molar refractivity (Wildman–Crippen MR) is 44.6 cm³/mol. The predicted octanol–water partition coefficient (Wildman–Crippen LogP) is 1.46. The molecule has 0 spiro atoms. The van der Waals surface area contributed by atoms with Crippen molar-refractivity contribution in [2.45, 2.75) is 20.5 Å². The van der Waals surface area contributed by atoms with Crippen LogP contribution in [0.5, 0.6) is 5.75 Å². The molecule has 12 heavy (non-hydrogen) atoms. The number of anilines is 1. The molecule has 0 atom stereocenters. The van der Waals surface area contributed by atoms with Gasteiger partial charge in [0, 0.05) is 11.3 Å². The minimum Gasteiger partial charge on any atom is -0.504 e. The summed E-state index contributed by atoms with van der Waals surface area (Å²) < 4.78 is 12.3. The van der Waals surface area contributed by atoms with E-state index < -0.39 is 6.67 Å². The molecule has 1 aromatic heterocycles. The van der Waals surface area contributed by atoms with Gasteiger partial charge in [0.2, 0.25) is 0 Å².